The SMILES string of the molecule is CCC(C(=O)O)c1cn[nH]c1Br. The number of aliphatic carboxylic acids is 1. The number of rotatable bonds is 3. The molecule has 5 heteroatoms. The molecular formula is C7H9BrN2O2. The zero-order chi connectivity index (χ0) is 9.14. The highest BCUT2D eigenvalue weighted by molar-refractivity contribution is 9.10. The third-order valence-electron chi connectivity index (χ3n) is 1.70. The fourth-order valence-electron chi connectivity index (χ4n) is 1.05. The molecule has 0 bridgehead atoms. The van der Waals surface area contributed by atoms with E-state index < -0.39 is 11.9 Å². The molecule has 1 aromatic rings. The van der Waals surface area contributed by atoms with Crippen LogP contribution in [0.15, 0.2) is 10.8 Å². The summed E-state index contributed by atoms with van der Waals surface area (Å²) in [4.78, 5) is 10.7. The molecule has 0 aliphatic rings. The van der Waals surface area contributed by atoms with Crippen molar-refractivity contribution in [2.24, 2.45) is 0 Å². The molecule has 2 N–H and O–H groups in total. The molecule has 1 aromatic heterocycles. The van der Waals surface area contributed by atoms with E-state index in [-0.39, 0.29) is 0 Å². The Labute approximate surface area is 78.1 Å². The van der Waals surface area contributed by atoms with E-state index in [2.05, 4.69) is 26.1 Å². The lowest BCUT2D eigenvalue weighted by Gasteiger charge is -2.06. The van der Waals surface area contributed by atoms with Crippen molar-refractivity contribution >= 4 is 21.9 Å². The Balaban J connectivity index is 2.94. The molecule has 4 nitrogen and oxygen atoms in total. The van der Waals surface area contributed by atoms with Gasteiger partial charge in [0.25, 0.3) is 0 Å². The van der Waals surface area contributed by atoms with E-state index >= 15 is 0 Å². The summed E-state index contributed by atoms with van der Waals surface area (Å²) < 4.78 is 0.650. The van der Waals surface area contributed by atoms with Crippen LogP contribution in [0.2, 0.25) is 0 Å². The molecule has 0 spiro atoms. The maximum Gasteiger partial charge on any atom is 0.311 e. The Morgan fingerprint density at radius 3 is 2.92 bits per heavy atom. The van der Waals surface area contributed by atoms with Crippen LogP contribution in [0.4, 0.5) is 0 Å². The molecular weight excluding hydrogens is 224 g/mol. The minimum atomic E-state index is -0.820. The summed E-state index contributed by atoms with van der Waals surface area (Å²) in [5.41, 5.74) is 0.699. The number of carboxylic acids is 1. The third kappa shape index (κ3) is 1.66. The van der Waals surface area contributed by atoms with Crippen LogP contribution in [0.5, 0.6) is 0 Å². The van der Waals surface area contributed by atoms with Gasteiger partial charge in [-0.3, -0.25) is 9.89 Å². The summed E-state index contributed by atoms with van der Waals surface area (Å²) in [5, 5.41) is 15.2. The first kappa shape index (κ1) is 9.25. The van der Waals surface area contributed by atoms with Crippen molar-refractivity contribution in [1.29, 1.82) is 0 Å². The molecule has 1 atom stereocenters. The highest BCUT2D eigenvalue weighted by Crippen LogP contribution is 2.25. The Morgan fingerprint density at radius 2 is 2.58 bits per heavy atom. The lowest BCUT2D eigenvalue weighted by molar-refractivity contribution is -0.138. The van der Waals surface area contributed by atoms with Gasteiger partial charge in [0.2, 0.25) is 0 Å². The summed E-state index contributed by atoms with van der Waals surface area (Å²) >= 11 is 3.19. The van der Waals surface area contributed by atoms with Crippen LogP contribution in [0.3, 0.4) is 0 Å². The van der Waals surface area contributed by atoms with Gasteiger partial charge in [0, 0.05) is 5.56 Å². The first-order chi connectivity index (χ1) is 5.66. The van der Waals surface area contributed by atoms with Crippen molar-refractivity contribution in [1.82, 2.24) is 10.2 Å². The number of aromatic nitrogens is 2. The van der Waals surface area contributed by atoms with E-state index in [1.165, 1.54) is 6.20 Å². The lowest BCUT2D eigenvalue weighted by atomic mass is 10.0. The zero-order valence-electron chi connectivity index (χ0n) is 6.54. The van der Waals surface area contributed by atoms with Crippen LogP contribution < -0.4 is 0 Å². The number of hydrogen-bond acceptors (Lipinski definition) is 2. The molecule has 0 fully saturated rings. The zero-order valence-corrected chi connectivity index (χ0v) is 8.13. The monoisotopic (exact) mass is 232 g/mol. The number of aromatic amines is 1. The van der Waals surface area contributed by atoms with Crippen LogP contribution in [-0.2, 0) is 4.79 Å². The number of carbonyl (C=O) groups is 1. The summed E-state index contributed by atoms with van der Waals surface area (Å²) in [5.74, 6) is -1.29. The molecule has 66 valence electrons. The fraction of sp³-hybridized carbons (Fsp3) is 0.429. The normalized spacial score (nSPS) is 12.8. The van der Waals surface area contributed by atoms with Gasteiger partial charge < -0.3 is 5.11 Å². The van der Waals surface area contributed by atoms with E-state index in [1.54, 1.807) is 0 Å². The largest absolute Gasteiger partial charge is 0.481 e. The smallest absolute Gasteiger partial charge is 0.311 e. The third-order valence-corrected chi connectivity index (χ3v) is 2.34. The minimum absolute atomic E-state index is 0.474. The van der Waals surface area contributed by atoms with Gasteiger partial charge in [-0.1, -0.05) is 6.92 Å². The van der Waals surface area contributed by atoms with E-state index in [9.17, 15) is 4.79 Å². The summed E-state index contributed by atoms with van der Waals surface area (Å²) in [6.45, 7) is 1.83. The average molecular weight is 233 g/mol. The first-order valence-electron chi connectivity index (χ1n) is 3.58. The lowest BCUT2D eigenvalue weighted by Crippen LogP contribution is -2.09. The average Bonchev–Trinajstić information content (AvgIpc) is 2.38. The first-order valence-corrected chi connectivity index (χ1v) is 4.37. The Morgan fingerprint density at radius 1 is 1.92 bits per heavy atom. The number of hydrogen-bond donors (Lipinski definition) is 2. The standard InChI is InChI=1S/C7H9BrN2O2/c1-2-4(7(11)12)5-3-9-10-6(5)8/h3-4H,2H2,1H3,(H,9,10)(H,11,12). The van der Waals surface area contributed by atoms with Crippen molar-refractivity contribution in [3.8, 4) is 0 Å². The maximum atomic E-state index is 10.7. The highest BCUT2D eigenvalue weighted by atomic mass is 79.9. The van der Waals surface area contributed by atoms with E-state index in [0.717, 1.165) is 0 Å². The van der Waals surface area contributed by atoms with Crippen molar-refractivity contribution < 1.29 is 9.90 Å². The second-order valence-electron chi connectivity index (χ2n) is 2.44. The van der Waals surface area contributed by atoms with Crippen LogP contribution in [0.25, 0.3) is 0 Å². The number of nitrogens with zero attached hydrogens (tertiary/aromatic N) is 1. The van der Waals surface area contributed by atoms with E-state index in [1.807, 2.05) is 6.92 Å². The van der Waals surface area contributed by atoms with Gasteiger partial charge in [0.05, 0.1) is 12.1 Å². The van der Waals surface area contributed by atoms with Crippen LogP contribution in [0, 0.1) is 0 Å². The van der Waals surface area contributed by atoms with Gasteiger partial charge >= 0.3 is 5.97 Å². The summed E-state index contributed by atoms with van der Waals surface area (Å²) in [6, 6.07) is 0. The Hall–Kier alpha value is -0.840. The fourth-order valence-corrected chi connectivity index (χ4v) is 1.53. The summed E-state index contributed by atoms with van der Waals surface area (Å²) in [7, 11) is 0. The van der Waals surface area contributed by atoms with Gasteiger partial charge in [-0.25, -0.2) is 0 Å². The topological polar surface area (TPSA) is 66.0 Å². The Kier molecular flexibility index (Phi) is 2.86. The van der Waals surface area contributed by atoms with Crippen molar-refractivity contribution in [3.05, 3.63) is 16.4 Å². The molecule has 0 amide bonds. The second kappa shape index (κ2) is 3.71. The highest BCUT2D eigenvalue weighted by Gasteiger charge is 2.21. The molecule has 0 aliphatic carbocycles. The van der Waals surface area contributed by atoms with Gasteiger partial charge in [-0.15, -0.1) is 0 Å². The number of H-pyrrole nitrogens is 1. The van der Waals surface area contributed by atoms with Gasteiger partial charge in [-0.05, 0) is 22.4 Å². The summed E-state index contributed by atoms with van der Waals surface area (Å²) in [6.07, 6.45) is 2.10. The molecule has 0 aliphatic heterocycles. The predicted octanol–water partition coefficient (Wildman–Crippen LogP) is 1.75. The van der Waals surface area contributed by atoms with E-state index in [0.29, 0.717) is 16.6 Å². The second-order valence-corrected chi connectivity index (χ2v) is 3.23. The van der Waals surface area contributed by atoms with Crippen LogP contribution in [-0.4, -0.2) is 21.3 Å². The van der Waals surface area contributed by atoms with Gasteiger partial charge in [0.1, 0.15) is 4.60 Å². The molecule has 1 rings (SSSR count). The molecule has 1 heterocycles. The van der Waals surface area contributed by atoms with E-state index in [4.69, 9.17) is 5.11 Å². The molecule has 0 saturated carbocycles. The molecule has 0 radical (unpaired) electrons. The minimum Gasteiger partial charge on any atom is -0.481 e. The molecule has 1 unspecified atom stereocenters. The molecule has 0 saturated heterocycles. The Bertz CT molecular complexity index is 285. The van der Waals surface area contributed by atoms with Crippen LogP contribution in [0.1, 0.15) is 24.8 Å². The molecule has 12 heavy (non-hydrogen) atoms. The predicted molar refractivity (Wildman–Crippen MR) is 47.0 cm³/mol. The maximum absolute atomic E-state index is 10.7. The van der Waals surface area contributed by atoms with Crippen molar-refractivity contribution in [3.63, 3.8) is 0 Å². The van der Waals surface area contributed by atoms with Gasteiger partial charge in [-0.2, -0.15) is 5.10 Å². The number of carboxylic acid groups (broad SMARTS) is 1. The van der Waals surface area contributed by atoms with Crippen molar-refractivity contribution in [2.75, 3.05) is 0 Å². The van der Waals surface area contributed by atoms with Crippen molar-refractivity contribution in [2.45, 2.75) is 19.3 Å². The quantitative estimate of drug-likeness (QED) is 0.835. The van der Waals surface area contributed by atoms with Gasteiger partial charge in [0.15, 0.2) is 0 Å². The number of nitrogens with one attached hydrogen (secondary N) is 1. The molecule has 0 aromatic carbocycles. The van der Waals surface area contributed by atoms with Crippen LogP contribution >= 0.6 is 15.9 Å². The number of halogens is 1.